The van der Waals surface area contributed by atoms with E-state index in [1.54, 1.807) is 19.1 Å². The number of ketones is 1. The summed E-state index contributed by atoms with van der Waals surface area (Å²) < 4.78 is 10.5. The molecular weight excluding hydrogens is 244 g/mol. The maximum Gasteiger partial charge on any atom is 0.373 e. The highest BCUT2D eigenvalue weighted by Gasteiger charge is 2.43. The predicted molar refractivity (Wildman–Crippen MR) is 69.2 cm³/mol. The summed E-state index contributed by atoms with van der Waals surface area (Å²) in [6, 6.07) is 9.10. The van der Waals surface area contributed by atoms with Gasteiger partial charge in [0.1, 0.15) is 0 Å². The van der Waals surface area contributed by atoms with Crippen LogP contribution in [0, 0.1) is 0 Å². The molecule has 1 atom stereocenters. The SMILES string of the molecule is CCCOC(=O)C1=CC(=O)C(C)(c2ccccc2)O1. The summed E-state index contributed by atoms with van der Waals surface area (Å²) in [5.74, 6) is -0.859. The zero-order valence-corrected chi connectivity index (χ0v) is 11.0. The van der Waals surface area contributed by atoms with E-state index in [2.05, 4.69) is 0 Å². The summed E-state index contributed by atoms with van der Waals surface area (Å²) >= 11 is 0. The average molecular weight is 260 g/mol. The molecule has 0 amide bonds. The summed E-state index contributed by atoms with van der Waals surface area (Å²) in [6.45, 7) is 3.87. The quantitative estimate of drug-likeness (QED) is 0.780. The first kappa shape index (κ1) is 13.3. The average Bonchev–Trinajstić information content (AvgIpc) is 2.74. The molecule has 19 heavy (non-hydrogen) atoms. The van der Waals surface area contributed by atoms with Crippen LogP contribution in [-0.2, 0) is 24.7 Å². The Labute approximate surface area is 112 Å². The number of benzene rings is 1. The molecule has 4 nitrogen and oxygen atoms in total. The fraction of sp³-hybridized carbons (Fsp3) is 0.333. The molecule has 1 aromatic rings. The Balaban J connectivity index is 2.17. The first-order valence-electron chi connectivity index (χ1n) is 6.25. The highest BCUT2D eigenvalue weighted by molar-refractivity contribution is 6.06. The Bertz CT molecular complexity index is 518. The van der Waals surface area contributed by atoms with Crippen molar-refractivity contribution < 1.29 is 19.1 Å². The highest BCUT2D eigenvalue weighted by Crippen LogP contribution is 2.35. The van der Waals surface area contributed by atoms with E-state index in [0.717, 1.165) is 12.0 Å². The topological polar surface area (TPSA) is 52.6 Å². The van der Waals surface area contributed by atoms with E-state index in [1.165, 1.54) is 6.08 Å². The minimum absolute atomic E-state index is 0.0233. The van der Waals surface area contributed by atoms with Crippen LogP contribution in [0.4, 0.5) is 0 Å². The molecular formula is C15H16O4. The predicted octanol–water partition coefficient (Wildman–Crippen LogP) is 2.34. The van der Waals surface area contributed by atoms with E-state index >= 15 is 0 Å². The van der Waals surface area contributed by atoms with Crippen LogP contribution in [0.3, 0.4) is 0 Å². The van der Waals surface area contributed by atoms with Gasteiger partial charge in [-0.15, -0.1) is 0 Å². The molecule has 1 heterocycles. The van der Waals surface area contributed by atoms with Crippen molar-refractivity contribution in [2.45, 2.75) is 25.9 Å². The molecule has 0 spiro atoms. The summed E-state index contributed by atoms with van der Waals surface area (Å²) in [4.78, 5) is 23.8. The first-order valence-corrected chi connectivity index (χ1v) is 6.25. The molecule has 0 aromatic heterocycles. The van der Waals surface area contributed by atoms with Crippen molar-refractivity contribution in [1.82, 2.24) is 0 Å². The lowest BCUT2D eigenvalue weighted by molar-refractivity contribution is -0.146. The van der Waals surface area contributed by atoms with Crippen LogP contribution in [0.15, 0.2) is 42.2 Å². The number of hydrogen-bond donors (Lipinski definition) is 0. The highest BCUT2D eigenvalue weighted by atomic mass is 16.6. The molecule has 1 aliphatic rings. The van der Waals surface area contributed by atoms with E-state index in [4.69, 9.17) is 9.47 Å². The van der Waals surface area contributed by atoms with Crippen LogP contribution in [0.2, 0.25) is 0 Å². The molecule has 1 aromatic carbocycles. The van der Waals surface area contributed by atoms with E-state index < -0.39 is 11.6 Å². The largest absolute Gasteiger partial charge is 0.467 e. The van der Waals surface area contributed by atoms with E-state index in [9.17, 15) is 9.59 Å². The maximum absolute atomic E-state index is 12.1. The van der Waals surface area contributed by atoms with Gasteiger partial charge in [-0.3, -0.25) is 4.79 Å². The van der Waals surface area contributed by atoms with Gasteiger partial charge in [0.25, 0.3) is 0 Å². The smallest absolute Gasteiger partial charge is 0.373 e. The molecule has 0 fully saturated rings. The Kier molecular flexibility index (Phi) is 3.69. The van der Waals surface area contributed by atoms with Crippen molar-refractivity contribution in [2.24, 2.45) is 0 Å². The lowest BCUT2D eigenvalue weighted by Gasteiger charge is -2.23. The van der Waals surface area contributed by atoms with Gasteiger partial charge >= 0.3 is 5.97 Å². The monoisotopic (exact) mass is 260 g/mol. The van der Waals surface area contributed by atoms with Gasteiger partial charge in [0.05, 0.1) is 6.61 Å². The fourth-order valence-electron chi connectivity index (χ4n) is 1.88. The minimum atomic E-state index is -1.14. The van der Waals surface area contributed by atoms with Gasteiger partial charge in [-0.1, -0.05) is 37.3 Å². The zero-order valence-electron chi connectivity index (χ0n) is 11.0. The molecule has 1 unspecified atom stereocenters. The van der Waals surface area contributed by atoms with Gasteiger partial charge in [0, 0.05) is 11.6 Å². The summed E-state index contributed by atoms with van der Waals surface area (Å²) in [7, 11) is 0. The third-order valence-corrected chi connectivity index (χ3v) is 3.01. The normalized spacial score (nSPS) is 21.8. The Morgan fingerprint density at radius 1 is 1.32 bits per heavy atom. The molecule has 0 saturated heterocycles. The Hall–Kier alpha value is -2.10. The molecule has 0 N–H and O–H groups in total. The van der Waals surface area contributed by atoms with Crippen molar-refractivity contribution in [3.63, 3.8) is 0 Å². The Morgan fingerprint density at radius 2 is 2.00 bits per heavy atom. The fourth-order valence-corrected chi connectivity index (χ4v) is 1.88. The molecule has 0 saturated carbocycles. The van der Waals surface area contributed by atoms with Crippen molar-refractivity contribution in [3.8, 4) is 0 Å². The van der Waals surface area contributed by atoms with Gasteiger partial charge in [0.15, 0.2) is 5.60 Å². The molecule has 1 aliphatic heterocycles. The van der Waals surface area contributed by atoms with Crippen LogP contribution in [0.1, 0.15) is 25.8 Å². The van der Waals surface area contributed by atoms with E-state index in [-0.39, 0.29) is 11.5 Å². The Morgan fingerprint density at radius 3 is 2.63 bits per heavy atom. The van der Waals surface area contributed by atoms with Gasteiger partial charge in [-0.05, 0) is 13.3 Å². The molecule has 4 heteroatoms. The maximum atomic E-state index is 12.1. The summed E-state index contributed by atoms with van der Waals surface area (Å²) in [5.41, 5.74) is -0.420. The third kappa shape index (κ3) is 2.52. The molecule has 2 rings (SSSR count). The number of carbonyl (C=O) groups is 2. The second-order valence-electron chi connectivity index (χ2n) is 4.51. The van der Waals surface area contributed by atoms with Crippen LogP contribution < -0.4 is 0 Å². The second-order valence-corrected chi connectivity index (χ2v) is 4.51. The van der Waals surface area contributed by atoms with Gasteiger partial charge in [-0.2, -0.15) is 0 Å². The minimum Gasteiger partial charge on any atom is -0.467 e. The van der Waals surface area contributed by atoms with Crippen molar-refractivity contribution >= 4 is 11.8 Å². The number of carbonyl (C=O) groups excluding carboxylic acids is 2. The standard InChI is InChI=1S/C15H16O4/c1-3-9-18-14(17)12-10-13(16)15(2,19-12)11-7-5-4-6-8-11/h4-8,10H,3,9H2,1-2H3. The molecule has 0 radical (unpaired) electrons. The van der Waals surface area contributed by atoms with Crippen LogP contribution >= 0.6 is 0 Å². The van der Waals surface area contributed by atoms with Crippen molar-refractivity contribution in [1.29, 1.82) is 0 Å². The number of esters is 1. The second kappa shape index (κ2) is 5.26. The zero-order chi connectivity index (χ0) is 13.9. The molecule has 0 bridgehead atoms. The van der Waals surface area contributed by atoms with Gasteiger partial charge in [-0.25, -0.2) is 4.79 Å². The van der Waals surface area contributed by atoms with Gasteiger partial charge < -0.3 is 9.47 Å². The number of hydrogen-bond acceptors (Lipinski definition) is 4. The number of ether oxygens (including phenoxy) is 2. The van der Waals surface area contributed by atoms with Crippen LogP contribution in [0.5, 0.6) is 0 Å². The lowest BCUT2D eigenvalue weighted by Crippen LogP contribution is -2.30. The van der Waals surface area contributed by atoms with Gasteiger partial charge in [0.2, 0.25) is 11.5 Å². The molecule has 0 aliphatic carbocycles. The third-order valence-electron chi connectivity index (χ3n) is 3.01. The summed E-state index contributed by atoms with van der Waals surface area (Å²) in [5, 5.41) is 0. The van der Waals surface area contributed by atoms with E-state index in [1.807, 2.05) is 25.1 Å². The molecule has 100 valence electrons. The number of rotatable bonds is 4. The van der Waals surface area contributed by atoms with Crippen LogP contribution in [0.25, 0.3) is 0 Å². The van der Waals surface area contributed by atoms with Crippen molar-refractivity contribution in [2.75, 3.05) is 6.61 Å². The van der Waals surface area contributed by atoms with Crippen molar-refractivity contribution in [3.05, 3.63) is 47.7 Å². The first-order chi connectivity index (χ1) is 9.08. The lowest BCUT2D eigenvalue weighted by atomic mass is 9.92. The van der Waals surface area contributed by atoms with E-state index in [0.29, 0.717) is 6.61 Å². The summed E-state index contributed by atoms with van der Waals surface area (Å²) in [6.07, 6.45) is 1.94. The van der Waals surface area contributed by atoms with Crippen LogP contribution in [-0.4, -0.2) is 18.4 Å².